The number of carbonyl (C=O) groups is 1. The number of anilines is 1. The highest BCUT2D eigenvalue weighted by atomic mass is 35.5. The van der Waals surface area contributed by atoms with E-state index in [1.165, 1.54) is 18.2 Å². The second kappa shape index (κ2) is 6.85. The fourth-order valence-corrected chi connectivity index (χ4v) is 2.20. The van der Waals surface area contributed by atoms with Crippen LogP contribution < -0.4 is 16.0 Å². The summed E-state index contributed by atoms with van der Waals surface area (Å²) in [6.45, 7) is 2.48. The molecule has 0 bridgehead atoms. The predicted molar refractivity (Wildman–Crippen MR) is 76.0 cm³/mol. The molecule has 3 N–H and O–H groups in total. The number of hydrogen-bond donors (Lipinski definition) is 2. The summed E-state index contributed by atoms with van der Waals surface area (Å²) in [5, 5.41) is 2.77. The first-order valence-corrected chi connectivity index (χ1v) is 6.24. The van der Waals surface area contributed by atoms with Gasteiger partial charge in [-0.15, -0.1) is 12.4 Å². The maximum atomic E-state index is 13.6. The molecule has 112 valence electrons. The van der Waals surface area contributed by atoms with Crippen molar-refractivity contribution in [3.63, 3.8) is 0 Å². The molecule has 0 aliphatic carbocycles. The van der Waals surface area contributed by atoms with E-state index >= 15 is 0 Å². The fourth-order valence-electron chi connectivity index (χ4n) is 2.20. The van der Waals surface area contributed by atoms with Crippen LogP contribution in [0.3, 0.4) is 0 Å². The minimum absolute atomic E-state index is 0. The third kappa shape index (κ3) is 3.58. The number of nitrogens with zero attached hydrogens (tertiary/aromatic N) is 1. The smallest absolute Gasteiger partial charge is 0.236 e. The van der Waals surface area contributed by atoms with Gasteiger partial charge in [-0.25, -0.2) is 8.78 Å². The Balaban J connectivity index is 0.00000200. The van der Waals surface area contributed by atoms with E-state index in [1.807, 2.05) is 0 Å². The van der Waals surface area contributed by atoms with Crippen LogP contribution >= 0.6 is 12.4 Å². The van der Waals surface area contributed by atoms with Crippen molar-refractivity contribution in [1.29, 1.82) is 0 Å². The maximum absolute atomic E-state index is 13.6. The lowest BCUT2D eigenvalue weighted by Gasteiger charge is -2.20. The van der Waals surface area contributed by atoms with Crippen molar-refractivity contribution in [2.24, 2.45) is 5.73 Å². The van der Waals surface area contributed by atoms with Crippen LogP contribution in [0.4, 0.5) is 14.5 Å². The van der Waals surface area contributed by atoms with E-state index in [1.54, 1.807) is 11.8 Å². The van der Waals surface area contributed by atoms with Gasteiger partial charge in [0.05, 0.1) is 6.04 Å². The Morgan fingerprint density at radius 1 is 1.45 bits per heavy atom. The van der Waals surface area contributed by atoms with Gasteiger partial charge >= 0.3 is 0 Å². The van der Waals surface area contributed by atoms with Crippen molar-refractivity contribution in [2.75, 3.05) is 18.0 Å². The second-order valence-corrected chi connectivity index (χ2v) is 4.80. The van der Waals surface area contributed by atoms with Gasteiger partial charge in [0.1, 0.15) is 17.3 Å². The van der Waals surface area contributed by atoms with Gasteiger partial charge in [0.15, 0.2) is 0 Å². The summed E-state index contributed by atoms with van der Waals surface area (Å²) >= 11 is 0. The molecule has 4 nitrogen and oxygen atoms in total. The topological polar surface area (TPSA) is 58.4 Å². The van der Waals surface area contributed by atoms with Gasteiger partial charge < -0.3 is 16.0 Å². The molecule has 2 unspecified atom stereocenters. The van der Waals surface area contributed by atoms with Crippen LogP contribution in [0.5, 0.6) is 0 Å². The summed E-state index contributed by atoms with van der Waals surface area (Å²) in [6.07, 6.45) is 0.645. The van der Waals surface area contributed by atoms with Crippen LogP contribution in [0.1, 0.15) is 13.3 Å². The zero-order chi connectivity index (χ0) is 14.0. The summed E-state index contributed by atoms with van der Waals surface area (Å²) < 4.78 is 27.3. The molecule has 1 saturated heterocycles. The van der Waals surface area contributed by atoms with E-state index in [0.29, 0.717) is 19.5 Å². The maximum Gasteiger partial charge on any atom is 0.236 e. The molecule has 0 saturated carbocycles. The van der Waals surface area contributed by atoms with Crippen LogP contribution in [0, 0.1) is 11.6 Å². The monoisotopic (exact) mass is 305 g/mol. The summed E-state index contributed by atoms with van der Waals surface area (Å²) in [7, 11) is 0. The van der Waals surface area contributed by atoms with Gasteiger partial charge in [-0.05, 0) is 25.5 Å². The lowest BCUT2D eigenvalue weighted by Crippen LogP contribution is -2.45. The lowest BCUT2D eigenvalue weighted by molar-refractivity contribution is -0.122. The summed E-state index contributed by atoms with van der Waals surface area (Å²) in [4.78, 5) is 13.1. The lowest BCUT2D eigenvalue weighted by atomic mass is 10.2. The number of halogens is 3. The van der Waals surface area contributed by atoms with E-state index in [9.17, 15) is 13.6 Å². The van der Waals surface area contributed by atoms with Crippen molar-refractivity contribution < 1.29 is 13.6 Å². The summed E-state index contributed by atoms with van der Waals surface area (Å²) in [6, 6.07) is 3.08. The molecule has 1 aromatic rings. The molecule has 7 heteroatoms. The third-order valence-corrected chi connectivity index (χ3v) is 3.20. The highest BCUT2D eigenvalue weighted by molar-refractivity contribution is 5.85. The number of nitrogens with two attached hydrogens (primary N) is 1. The molecule has 0 spiro atoms. The van der Waals surface area contributed by atoms with Crippen LogP contribution in [0.25, 0.3) is 0 Å². The van der Waals surface area contributed by atoms with E-state index in [0.717, 1.165) is 0 Å². The Kier molecular flexibility index (Phi) is 5.71. The number of benzene rings is 1. The highest BCUT2D eigenvalue weighted by Gasteiger charge is 2.28. The summed E-state index contributed by atoms with van der Waals surface area (Å²) in [5.41, 5.74) is 5.43. The van der Waals surface area contributed by atoms with Crippen LogP contribution in [-0.4, -0.2) is 31.1 Å². The Labute approximate surface area is 122 Å². The second-order valence-electron chi connectivity index (χ2n) is 4.80. The van der Waals surface area contributed by atoms with E-state index in [-0.39, 0.29) is 30.0 Å². The van der Waals surface area contributed by atoms with Crippen molar-refractivity contribution >= 4 is 24.0 Å². The normalized spacial score (nSPS) is 19.4. The molecule has 1 aromatic carbocycles. The Morgan fingerprint density at radius 3 is 2.60 bits per heavy atom. The van der Waals surface area contributed by atoms with Crippen LogP contribution in [0.2, 0.25) is 0 Å². The number of nitrogens with one attached hydrogen (secondary N) is 1. The minimum Gasteiger partial charge on any atom is -0.365 e. The quantitative estimate of drug-likeness (QED) is 0.888. The molecule has 0 radical (unpaired) electrons. The minimum atomic E-state index is -0.584. The standard InChI is InChI=1S/C13H17F2N3O.ClH/c1-8(16)13(19)17-9-5-6-18(7-9)12-10(14)3-2-4-11(12)15;/h2-4,8-9H,5-7,16H2,1H3,(H,17,19);1H. The largest absolute Gasteiger partial charge is 0.365 e. The number of rotatable bonds is 3. The fraction of sp³-hybridized carbons (Fsp3) is 0.462. The number of hydrogen-bond acceptors (Lipinski definition) is 3. The van der Waals surface area contributed by atoms with Gasteiger partial charge in [-0.2, -0.15) is 0 Å². The predicted octanol–water partition coefficient (Wildman–Crippen LogP) is 1.43. The molecular formula is C13H18ClF2N3O. The molecule has 1 amide bonds. The molecule has 0 aromatic heterocycles. The van der Waals surface area contributed by atoms with Crippen molar-refractivity contribution in [3.8, 4) is 0 Å². The van der Waals surface area contributed by atoms with Gasteiger partial charge in [0.2, 0.25) is 5.91 Å². The van der Waals surface area contributed by atoms with Crippen molar-refractivity contribution in [2.45, 2.75) is 25.4 Å². The van der Waals surface area contributed by atoms with Gasteiger partial charge in [-0.3, -0.25) is 4.79 Å². The Bertz CT molecular complexity index is 464. The first kappa shape index (κ1) is 16.7. The molecule has 1 aliphatic rings. The van der Waals surface area contributed by atoms with Gasteiger partial charge in [0, 0.05) is 19.1 Å². The SMILES string of the molecule is CC(N)C(=O)NC1CCN(c2c(F)cccc2F)C1.Cl. The van der Waals surface area contributed by atoms with Crippen LogP contribution in [0.15, 0.2) is 18.2 Å². The molecule has 1 heterocycles. The average Bonchev–Trinajstić information content (AvgIpc) is 2.77. The number of carbonyl (C=O) groups excluding carboxylic acids is 1. The van der Waals surface area contributed by atoms with Crippen molar-refractivity contribution in [3.05, 3.63) is 29.8 Å². The molecule has 1 fully saturated rings. The Morgan fingerprint density at radius 2 is 2.05 bits per heavy atom. The average molecular weight is 306 g/mol. The van der Waals surface area contributed by atoms with E-state index in [4.69, 9.17) is 5.73 Å². The molecule has 1 aliphatic heterocycles. The van der Waals surface area contributed by atoms with Gasteiger partial charge in [0.25, 0.3) is 0 Å². The first-order valence-electron chi connectivity index (χ1n) is 6.24. The number of amides is 1. The Hall–Kier alpha value is -1.40. The van der Waals surface area contributed by atoms with E-state index in [2.05, 4.69) is 5.32 Å². The molecule has 20 heavy (non-hydrogen) atoms. The number of para-hydroxylation sites is 1. The van der Waals surface area contributed by atoms with E-state index < -0.39 is 17.7 Å². The zero-order valence-corrected chi connectivity index (χ0v) is 11.9. The first-order chi connectivity index (χ1) is 8.99. The molecule has 2 atom stereocenters. The molecular weight excluding hydrogens is 288 g/mol. The van der Waals surface area contributed by atoms with Gasteiger partial charge in [-0.1, -0.05) is 6.07 Å². The van der Waals surface area contributed by atoms with Crippen molar-refractivity contribution in [1.82, 2.24) is 5.32 Å². The zero-order valence-electron chi connectivity index (χ0n) is 11.1. The molecule has 2 rings (SSSR count). The van der Waals surface area contributed by atoms with Crippen LogP contribution in [-0.2, 0) is 4.79 Å². The summed E-state index contributed by atoms with van der Waals surface area (Å²) in [5.74, 6) is -1.42. The third-order valence-electron chi connectivity index (χ3n) is 3.20. The highest BCUT2D eigenvalue weighted by Crippen LogP contribution is 2.26.